The van der Waals surface area contributed by atoms with Crippen molar-refractivity contribution in [3.63, 3.8) is 0 Å². The Balaban J connectivity index is 1.52. The Kier molecular flexibility index (Phi) is 4.58. The molecule has 2 aliphatic heterocycles. The van der Waals surface area contributed by atoms with Crippen LogP contribution >= 0.6 is 11.6 Å². The summed E-state index contributed by atoms with van der Waals surface area (Å²) in [5, 5.41) is 9.88. The smallest absolute Gasteiger partial charge is 0.262 e. The predicted octanol–water partition coefficient (Wildman–Crippen LogP) is 1.80. The summed E-state index contributed by atoms with van der Waals surface area (Å²) in [5.41, 5.74) is 0.879. The Morgan fingerprint density at radius 3 is 2.57 bits per heavy atom. The van der Waals surface area contributed by atoms with Gasteiger partial charge in [0.25, 0.3) is 5.92 Å². The van der Waals surface area contributed by atoms with Gasteiger partial charge in [-0.15, -0.1) is 0 Å². The summed E-state index contributed by atoms with van der Waals surface area (Å²) in [5.74, 6) is -2.77. The minimum absolute atomic E-state index is 0.0184. The van der Waals surface area contributed by atoms with E-state index in [0.717, 1.165) is 5.56 Å². The molecule has 126 valence electrons. The van der Waals surface area contributed by atoms with Crippen LogP contribution in [0.25, 0.3) is 0 Å². The second-order valence-electron chi connectivity index (χ2n) is 6.32. The molecule has 0 aromatic heterocycles. The Labute approximate surface area is 138 Å². The summed E-state index contributed by atoms with van der Waals surface area (Å²) in [6.45, 7) is 0.283. The van der Waals surface area contributed by atoms with E-state index in [9.17, 15) is 18.7 Å². The molecule has 0 aliphatic carbocycles. The first-order valence-corrected chi connectivity index (χ1v) is 8.02. The molecule has 3 rings (SSSR count). The highest BCUT2D eigenvalue weighted by Gasteiger charge is 2.49. The van der Waals surface area contributed by atoms with E-state index < -0.39 is 12.0 Å². The van der Waals surface area contributed by atoms with Gasteiger partial charge in [-0.25, -0.2) is 8.78 Å². The van der Waals surface area contributed by atoms with Crippen LogP contribution in [-0.2, 0) is 11.2 Å². The van der Waals surface area contributed by atoms with Crippen LogP contribution in [-0.4, -0.2) is 65.1 Å². The van der Waals surface area contributed by atoms with Gasteiger partial charge in [0.15, 0.2) is 0 Å². The fraction of sp³-hybridized carbons (Fsp3) is 0.562. The largest absolute Gasteiger partial charge is 0.395 e. The second kappa shape index (κ2) is 6.34. The lowest BCUT2D eigenvalue weighted by atomic mass is 10.0. The number of amides is 1. The average molecular weight is 345 g/mol. The topological polar surface area (TPSA) is 43.8 Å². The van der Waals surface area contributed by atoms with Gasteiger partial charge in [-0.05, 0) is 17.7 Å². The Morgan fingerprint density at radius 1 is 1.30 bits per heavy atom. The molecule has 0 saturated carbocycles. The van der Waals surface area contributed by atoms with Gasteiger partial charge >= 0.3 is 0 Å². The zero-order valence-electron chi connectivity index (χ0n) is 12.6. The van der Waals surface area contributed by atoms with Crippen molar-refractivity contribution < 1.29 is 18.7 Å². The quantitative estimate of drug-likeness (QED) is 0.905. The van der Waals surface area contributed by atoms with Crippen molar-refractivity contribution in [2.24, 2.45) is 0 Å². The first-order chi connectivity index (χ1) is 10.9. The molecule has 2 heterocycles. The number of hydrogen-bond acceptors (Lipinski definition) is 3. The van der Waals surface area contributed by atoms with Gasteiger partial charge in [0, 0.05) is 36.6 Å². The van der Waals surface area contributed by atoms with E-state index in [-0.39, 0.29) is 37.9 Å². The fourth-order valence-electron chi connectivity index (χ4n) is 3.28. The number of carbonyl (C=O) groups is 1. The van der Waals surface area contributed by atoms with Crippen molar-refractivity contribution in [3.8, 4) is 0 Å². The summed E-state index contributed by atoms with van der Waals surface area (Å²) in [4.78, 5) is 15.5. The second-order valence-corrected chi connectivity index (χ2v) is 6.76. The highest BCUT2D eigenvalue weighted by atomic mass is 35.5. The number of nitrogens with zero attached hydrogens (tertiary/aromatic N) is 2. The van der Waals surface area contributed by atoms with Gasteiger partial charge in [-0.3, -0.25) is 9.69 Å². The molecular weight excluding hydrogens is 326 g/mol. The zero-order valence-corrected chi connectivity index (χ0v) is 13.3. The van der Waals surface area contributed by atoms with E-state index in [1.165, 1.54) is 0 Å². The van der Waals surface area contributed by atoms with Crippen molar-refractivity contribution >= 4 is 17.5 Å². The van der Waals surface area contributed by atoms with Crippen molar-refractivity contribution in [1.82, 2.24) is 9.80 Å². The SMILES string of the molecule is O=C(Cc1ccc(Cl)cc1)N1CC(N2CC(F)(F)C[C@H]2CO)C1. The summed E-state index contributed by atoms with van der Waals surface area (Å²) in [6, 6.07) is 6.49. The summed E-state index contributed by atoms with van der Waals surface area (Å²) >= 11 is 5.81. The van der Waals surface area contributed by atoms with Crippen LogP contribution in [0.1, 0.15) is 12.0 Å². The Hall–Kier alpha value is -1.24. The zero-order chi connectivity index (χ0) is 16.6. The summed E-state index contributed by atoms with van der Waals surface area (Å²) < 4.78 is 27.0. The molecule has 0 bridgehead atoms. The van der Waals surface area contributed by atoms with Crippen LogP contribution in [0.3, 0.4) is 0 Å². The van der Waals surface area contributed by atoms with Gasteiger partial charge in [0.1, 0.15) is 0 Å². The first-order valence-electron chi connectivity index (χ1n) is 7.64. The van der Waals surface area contributed by atoms with E-state index in [2.05, 4.69) is 0 Å². The highest BCUT2D eigenvalue weighted by molar-refractivity contribution is 6.30. The Bertz CT molecular complexity index is 576. The molecule has 0 radical (unpaired) electrons. The third-order valence-corrected chi connectivity index (χ3v) is 4.83. The van der Waals surface area contributed by atoms with Gasteiger partial charge in [0.05, 0.1) is 19.6 Å². The Morgan fingerprint density at radius 2 is 1.96 bits per heavy atom. The molecule has 4 nitrogen and oxygen atoms in total. The molecule has 7 heteroatoms. The van der Waals surface area contributed by atoms with E-state index >= 15 is 0 Å². The maximum Gasteiger partial charge on any atom is 0.262 e. The molecule has 2 fully saturated rings. The first kappa shape index (κ1) is 16.6. The minimum Gasteiger partial charge on any atom is -0.395 e. The van der Waals surface area contributed by atoms with Crippen LogP contribution in [0.4, 0.5) is 8.78 Å². The number of benzene rings is 1. The predicted molar refractivity (Wildman–Crippen MR) is 82.7 cm³/mol. The molecule has 2 aliphatic rings. The molecule has 0 spiro atoms. The number of aliphatic hydroxyl groups is 1. The number of halogens is 3. The van der Waals surface area contributed by atoms with Crippen LogP contribution in [0.15, 0.2) is 24.3 Å². The molecule has 0 unspecified atom stereocenters. The van der Waals surface area contributed by atoms with E-state index in [1.807, 2.05) is 0 Å². The summed E-state index contributed by atoms with van der Waals surface area (Å²) in [7, 11) is 0. The third kappa shape index (κ3) is 3.65. The highest BCUT2D eigenvalue weighted by Crippen LogP contribution is 2.35. The fourth-order valence-corrected chi connectivity index (χ4v) is 3.40. The molecule has 1 aromatic carbocycles. The number of aliphatic hydroxyl groups excluding tert-OH is 1. The van der Waals surface area contributed by atoms with Gasteiger partial charge in [-0.2, -0.15) is 0 Å². The van der Waals surface area contributed by atoms with Gasteiger partial charge in [0.2, 0.25) is 5.91 Å². The molecule has 1 N–H and O–H groups in total. The lowest BCUT2D eigenvalue weighted by Crippen LogP contribution is -2.62. The van der Waals surface area contributed by atoms with Gasteiger partial charge in [-0.1, -0.05) is 23.7 Å². The van der Waals surface area contributed by atoms with E-state index in [0.29, 0.717) is 18.1 Å². The van der Waals surface area contributed by atoms with Crippen LogP contribution in [0.2, 0.25) is 5.02 Å². The molecule has 1 amide bonds. The van der Waals surface area contributed by atoms with Crippen molar-refractivity contribution in [2.75, 3.05) is 26.2 Å². The minimum atomic E-state index is -2.75. The standard InChI is InChI=1S/C16H19ClF2N2O2/c17-12-3-1-11(2-4-12)5-15(23)20-7-14(8-20)21-10-16(18,19)6-13(21)9-22/h1-4,13-14,22H,5-10H2/t13-/m0/s1. The lowest BCUT2D eigenvalue weighted by Gasteiger charge is -2.45. The molecule has 2 saturated heterocycles. The van der Waals surface area contributed by atoms with Crippen molar-refractivity contribution in [1.29, 1.82) is 0 Å². The number of hydrogen-bond donors (Lipinski definition) is 1. The molecular formula is C16H19ClF2N2O2. The van der Waals surface area contributed by atoms with Crippen molar-refractivity contribution in [2.45, 2.75) is 30.8 Å². The maximum absolute atomic E-state index is 13.5. The van der Waals surface area contributed by atoms with E-state index in [1.54, 1.807) is 34.1 Å². The van der Waals surface area contributed by atoms with Gasteiger partial charge < -0.3 is 10.0 Å². The lowest BCUT2D eigenvalue weighted by molar-refractivity contribution is -0.138. The maximum atomic E-state index is 13.5. The van der Waals surface area contributed by atoms with Crippen LogP contribution in [0.5, 0.6) is 0 Å². The number of likely N-dealkylation sites (tertiary alicyclic amines) is 2. The molecule has 23 heavy (non-hydrogen) atoms. The summed E-state index contributed by atoms with van der Waals surface area (Å²) in [6.07, 6.45) is -0.0256. The van der Waals surface area contributed by atoms with Crippen LogP contribution < -0.4 is 0 Å². The number of rotatable bonds is 4. The normalized spacial score (nSPS) is 24.7. The van der Waals surface area contributed by atoms with Crippen LogP contribution in [0, 0.1) is 0 Å². The van der Waals surface area contributed by atoms with E-state index in [4.69, 9.17) is 11.6 Å². The average Bonchev–Trinajstić information content (AvgIpc) is 2.75. The molecule has 1 atom stereocenters. The monoisotopic (exact) mass is 344 g/mol. The number of alkyl halides is 2. The number of carbonyl (C=O) groups excluding carboxylic acids is 1. The third-order valence-electron chi connectivity index (χ3n) is 4.58. The molecule has 1 aromatic rings. The van der Waals surface area contributed by atoms with Crippen molar-refractivity contribution in [3.05, 3.63) is 34.9 Å².